The molecule has 0 aliphatic carbocycles. The van der Waals surface area contributed by atoms with Crippen LogP contribution in [0.4, 0.5) is 11.6 Å². The van der Waals surface area contributed by atoms with Crippen molar-refractivity contribution < 1.29 is 9.47 Å². The Balaban J connectivity index is 1.84. The summed E-state index contributed by atoms with van der Waals surface area (Å²) in [5.41, 5.74) is 13.7. The van der Waals surface area contributed by atoms with Gasteiger partial charge >= 0.3 is 0 Å². The van der Waals surface area contributed by atoms with E-state index in [1.807, 2.05) is 18.2 Å². The van der Waals surface area contributed by atoms with Crippen molar-refractivity contribution in [2.24, 2.45) is 0 Å². The summed E-state index contributed by atoms with van der Waals surface area (Å²) in [5.74, 6) is 2.92. The molecule has 3 rings (SSSR count). The van der Waals surface area contributed by atoms with Crippen LogP contribution in [0, 0.1) is 0 Å². The van der Waals surface area contributed by atoms with Crippen molar-refractivity contribution in [3.8, 4) is 22.1 Å². The molecule has 0 unspecified atom stereocenters. The zero-order chi connectivity index (χ0) is 22.2. The highest BCUT2D eigenvalue weighted by molar-refractivity contribution is 7.15. The van der Waals surface area contributed by atoms with Gasteiger partial charge in [0, 0.05) is 22.9 Å². The van der Waals surface area contributed by atoms with Crippen molar-refractivity contribution >= 4 is 23.0 Å². The van der Waals surface area contributed by atoms with Gasteiger partial charge in [-0.2, -0.15) is 0 Å². The van der Waals surface area contributed by atoms with Gasteiger partial charge in [0.15, 0.2) is 11.5 Å². The van der Waals surface area contributed by atoms with Crippen molar-refractivity contribution in [3.63, 3.8) is 0 Å². The van der Waals surface area contributed by atoms with E-state index in [2.05, 4.69) is 23.8 Å². The predicted molar refractivity (Wildman–Crippen MR) is 127 cm³/mol. The quantitative estimate of drug-likeness (QED) is 0.415. The fraction of sp³-hybridized carbons (Fsp3) is 0.435. The lowest BCUT2D eigenvalue weighted by Crippen LogP contribution is -2.05. The van der Waals surface area contributed by atoms with Crippen molar-refractivity contribution in [1.82, 2.24) is 15.0 Å². The molecular formula is C23H31N5O2S. The number of thiazole rings is 1. The van der Waals surface area contributed by atoms with Crippen LogP contribution in [0.1, 0.15) is 49.5 Å². The van der Waals surface area contributed by atoms with Gasteiger partial charge < -0.3 is 20.9 Å². The molecule has 7 nitrogen and oxygen atoms in total. The number of nitrogen functional groups attached to an aromatic ring is 2. The second kappa shape index (κ2) is 10.9. The van der Waals surface area contributed by atoms with E-state index < -0.39 is 0 Å². The zero-order valence-electron chi connectivity index (χ0n) is 18.5. The average Bonchev–Trinajstić information content (AvgIpc) is 3.15. The molecule has 0 bridgehead atoms. The van der Waals surface area contributed by atoms with Crippen LogP contribution in [0.2, 0.25) is 0 Å². The maximum Gasteiger partial charge on any atom is 0.161 e. The van der Waals surface area contributed by atoms with Crippen molar-refractivity contribution in [1.29, 1.82) is 0 Å². The van der Waals surface area contributed by atoms with Gasteiger partial charge in [-0.15, -0.1) is 11.3 Å². The summed E-state index contributed by atoms with van der Waals surface area (Å²) in [5, 5.41) is 0.981. The Hall–Kier alpha value is -2.87. The first-order valence-electron chi connectivity index (χ1n) is 10.7. The molecule has 0 amide bonds. The van der Waals surface area contributed by atoms with E-state index in [9.17, 15) is 0 Å². The number of benzene rings is 1. The van der Waals surface area contributed by atoms with E-state index in [1.54, 1.807) is 24.5 Å². The monoisotopic (exact) mass is 441 g/mol. The number of rotatable bonds is 11. The number of hydrogen-bond donors (Lipinski definition) is 2. The van der Waals surface area contributed by atoms with E-state index in [1.165, 1.54) is 4.88 Å². The second-order valence-electron chi connectivity index (χ2n) is 7.34. The maximum atomic E-state index is 5.95. The molecule has 8 heteroatoms. The Labute approximate surface area is 187 Å². The molecule has 1 aromatic carbocycles. The number of nitrogens with zero attached hydrogens (tertiary/aromatic N) is 3. The van der Waals surface area contributed by atoms with Gasteiger partial charge in [-0.25, -0.2) is 15.0 Å². The Morgan fingerprint density at radius 1 is 0.903 bits per heavy atom. The first-order valence-corrected chi connectivity index (χ1v) is 11.5. The summed E-state index contributed by atoms with van der Waals surface area (Å²) < 4.78 is 11.4. The summed E-state index contributed by atoms with van der Waals surface area (Å²) >= 11 is 1.73. The van der Waals surface area contributed by atoms with Crippen LogP contribution < -0.4 is 20.9 Å². The average molecular weight is 442 g/mol. The molecule has 2 aromatic heterocycles. The van der Waals surface area contributed by atoms with E-state index >= 15 is 0 Å². The number of anilines is 2. The Morgan fingerprint density at radius 3 is 2.35 bits per heavy atom. The second-order valence-corrected chi connectivity index (χ2v) is 8.42. The number of methoxy groups -OCH3 is 1. The molecule has 0 saturated carbocycles. The molecule has 0 radical (unpaired) electrons. The first kappa shape index (κ1) is 22.8. The Morgan fingerprint density at radius 2 is 1.68 bits per heavy atom. The van der Waals surface area contributed by atoms with Crippen LogP contribution in [0.5, 0.6) is 11.5 Å². The van der Waals surface area contributed by atoms with Crippen molar-refractivity contribution in [3.05, 3.63) is 40.7 Å². The van der Waals surface area contributed by atoms with Gasteiger partial charge in [-0.3, -0.25) is 0 Å². The SMILES string of the molecule is CCCCOc1cc(-c2nc(CCc3nc(N)cc(N)n3)c(CCC)s2)ccc1OC. The first-order chi connectivity index (χ1) is 15.0. The molecule has 0 aliphatic rings. The fourth-order valence-electron chi connectivity index (χ4n) is 3.25. The molecule has 0 aliphatic heterocycles. The largest absolute Gasteiger partial charge is 0.493 e. The molecule has 4 N–H and O–H groups in total. The van der Waals surface area contributed by atoms with Crippen LogP contribution >= 0.6 is 11.3 Å². The summed E-state index contributed by atoms with van der Waals surface area (Å²) in [7, 11) is 1.66. The van der Waals surface area contributed by atoms with Gasteiger partial charge in [0.25, 0.3) is 0 Å². The number of ether oxygens (including phenoxy) is 2. The molecule has 0 saturated heterocycles. The third-order valence-corrected chi connectivity index (χ3v) is 6.03. The van der Waals surface area contributed by atoms with Crippen LogP contribution in [0.15, 0.2) is 24.3 Å². The normalized spacial score (nSPS) is 10.9. The van der Waals surface area contributed by atoms with E-state index in [0.717, 1.165) is 59.9 Å². The maximum absolute atomic E-state index is 5.95. The lowest BCUT2D eigenvalue weighted by Gasteiger charge is -2.11. The van der Waals surface area contributed by atoms with Crippen LogP contribution in [0.25, 0.3) is 10.6 Å². The van der Waals surface area contributed by atoms with E-state index in [0.29, 0.717) is 30.5 Å². The molecular weight excluding hydrogens is 410 g/mol. The van der Waals surface area contributed by atoms with Crippen LogP contribution in [0.3, 0.4) is 0 Å². The zero-order valence-corrected chi connectivity index (χ0v) is 19.3. The summed E-state index contributed by atoms with van der Waals surface area (Å²) in [6.07, 6.45) is 5.52. The molecule has 2 heterocycles. The number of nitrogens with two attached hydrogens (primary N) is 2. The number of aromatic nitrogens is 3. The van der Waals surface area contributed by atoms with Crippen molar-refractivity contribution in [2.45, 2.75) is 52.4 Å². The minimum atomic E-state index is 0.393. The summed E-state index contributed by atoms with van der Waals surface area (Å²) in [6.45, 7) is 4.99. The third kappa shape index (κ3) is 6.07. The van der Waals surface area contributed by atoms with Crippen molar-refractivity contribution in [2.75, 3.05) is 25.2 Å². The van der Waals surface area contributed by atoms with Gasteiger partial charge in [0.1, 0.15) is 22.5 Å². The van der Waals surface area contributed by atoms with Gasteiger partial charge in [-0.05, 0) is 37.5 Å². The summed E-state index contributed by atoms with van der Waals surface area (Å²) in [6, 6.07) is 7.57. The molecule has 0 atom stereocenters. The molecule has 31 heavy (non-hydrogen) atoms. The van der Waals surface area contributed by atoms with E-state index in [4.69, 9.17) is 25.9 Å². The molecule has 0 fully saturated rings. The lowest BCUT2D eigenvalue weighted by atomic mass is 10.1. The smallest absolute Gasteiger partial charge is 0.161 e. The van der Waals surface area contributed by atoms with Gasteiger partial charge in [0.05, 0.1) is 19.4 Å². The van der Waals surface area contributed by atoms with Crippen LogP contribution in [-0.2, 0) is 19.3 Å². The minimum absolute atomic E-state index is 0.393. The fourth-order valence-corrected chi connectivity index (χ4v) is 4.46. The number of aryl methyl sites for hydroxylation is 3. The van der Waals surface area contributed by atoms with Gasteiger partial charge in [-0.1, -0.05) is 26.7 Å². The molecule has 166 valence electrons. The standard InChI is InChI=1S/C23H31N5O2S/c1-4-6-12-30-18-13-15(8-10-17(18)29-3)23-26-16(19(31-23)7-5-2)9-11-22-27-20(24)14-21(25)28-22/h8,10,13-14H,4-7,9,11-12H2,1-3H3,(H4,24,25,27,28). The topological polar surface area (TPSA) is 109 Å². The predicted octanol–water partition coefficient (Wildman–Crippen LogP) is 4.69. The third-order valence-electron chi connectivity index (χ3n) is 4.82. The highest BCUT2D eigenvalue weighted by Crippen LogP contribution is 2.36. The van der Waals surface area contributed by atoms with Crippen LogP contribution in [-0.4, -0.2) is 28.7 Å². The Kier molecular flexibility index (Phi) is 8.06. The van der Waals surface area contributed by atoms with E-state index in [-0.39, 0.29) is 0 Å². The summed E-state index contributed by atoms with van der Waals surface area (Å²) in [4.78, 5) is 14.8. The lowest BCUT2D eigenvalue weighted by molar-refractivity contribution is 0.288. The highest BCUT2D eigenvalue weighted by atomic mass is 32.1. The molecule has 3 aromatic rings. The highest BCUT2D eigenvalue weighted by Gasteiger charge is 2.15. The number of hydrogen-bond acceptors (Lipinski definition) is 8. The van der Waals surface area contributed by atoms with Gasteiger partial charge in [0.2, 0.25) is 0 Å². The Bertz CT molecular complexity index is 985. The molecule has 0 spiro atoms. The minimum Gasteiger partial charge on any atom is -0.493 e. The number of unbranched alkanes of at least 4 members (excludes halogenated alkanes) is 1.